The van der Waals surface area contributed by atoms with Crippen LogP contribution in [0, 0.1) is 19.8 Å². The van der Waals surface area contributed by atoms with Gasteiger partial charge in [0.05, 0.1) is 5.69 Å². The SMILES string of the molecule is Cc1nn(C)c(C)c1CCC(=O)NC(Cc1ccccc1)C1CCCC1. The molecule has 1 aliphatic carbocycles. The molecular weight excluding hydrogens is 322 g/mol. The predicted octanol–water partition coefficient (Wildman–Crippen LogP) is 3.89. The average molecular weight is 354 g/mol. The number of aryl methyl sites for hydroxylation is 2. The fourth-order valence-corrected chi connectivity index (χ4v) is 4.26. The second-order valence-corrected chi connectivity index (χ2v) is 7.68. The van der Waals surface area contributed by atoms with Gasteiger partial charge in [0.1, 0.15) is 0 Å². The van der Waals surface area contributed by atoms with Gasteiger partial charge in [0.15, 0.2) is 0 Å². The number of hydrogen-bond acceptors (Lipinski definition) is 2. The van der Waals surface area contributed by atoms with Gasteiger partial charge in [0, 0.05) is 25.2 Å². The van der Waals surface area contributed by atoms with E-state index < -0.39 is 0 Å². The summed E-state index contributed by atoms with van der Waals surface area (Å²) in [4.78, 5) is 12.7. The van der Waals surface area contributed by atoms with Crippen molar-refractivity contribution in [2.75, 3.05) is 0 Å². The van der Waals surface area contributed by atoms with E-state index >= 15 is 0 Å². The number of benzene rings is 1. The van der Waals surface area contributed by atoms with Crippen LogP contribution >= 0.6 is 0 Å². The van der Waals surface area contributed by atoms with Crippen LogP contribution in [0.25, 0.3) is 0 Å². The molecule has 26 heavy (non-hydrogen) atoms. The van der Waals surface area contributed by atoms with Crippen LogP contribution in [0.1, 0.15) is 54.6 Å². The van der Waals surface area contributed by atoms with Crippen molar-refractivity contribution in [2.45, 2.75) is 64.8 Å². The molecule has 1 saturated carbocycles. The molecule has 1 heterocycles. The smallest absolute Gasteiger partial charge is 0.220 e. The topological polar surface area (TPSA) is 46.9 Å². The molecule has 1 amide bonds. The zero-order valence-corrected chi connectivity index (χ0v) is 16.3. The van der Waals surface area contributed by atoms with E-state index in [0.717, 1.165) is 24.2 Å². The zero-order valence-electron chi connectivity index (χ0n) is 16.3. The Morgan fingerprint density at radius 3 is 2.54 bits per heavy atom. The van der Waals surface area contributed by atoms with Gasteiger partial charge < -0.3 is 5.32 Å². The highest BCUT2D eigenvalue weighted by atomic mass is 16.1. The third-order valence-corrected chi connectivity index (χ3v) is 5.87. The fourth-order valence-electron chi connectivity index (χ4n) is 4.26. The van der Waals surface area contributed by atoms with Gasteiger partial charge in [-0.1, -0.05) is 43.2 Å². The fraction of sp³-hybridized carbons (Fsp3) is 0.545. The molecule has 0 spiro atoms. The molecule has 0 saturated heterocycles. The lowest BCUT2D eigenvalue weighted by atomic mass is 9.92. The molecule has 2 aromatic rings. The van der Waals surface area contributed by atoms with E-state index in [-0.39, 0.29) is 11.9 Å². The summed E-state index contributed by atoms with van der Waals surface area (Å²) < 4.78 is 1.90. The molecule has 140 valence electrons. The summed E-state index contributed by atoms with van der Waals surface area (Å²) in [6, 6.07) is 10.8. The summed E-state index contributed by atoms with van der Waals surface area (Å²) in [5.41, 5.74) is 4.72. The number of aromatic nitrogens is 2. The Morgan fingerprint density at radius 1 is 1.23 bits per heavy atom. The van der Waals surface area contributed by atoms with Gasteiger partial charge in [0.2, 0.25) is 5.91 Å². The molecule has 1 unspecified atom stereocenters. The first-order valence-corrected chi connectivity index (χ1v) is 9.87. The molecule has 0 bridgehead atoms. The molecule has 1 aliphatic rings. The van der Waals surface area contributed by atoms with Crippen molar-refractivity contribution in [2.24, 2.45) is 13.0 Å². The Morgan fingerprint density at radius 2 is 1.92 bits per heavy atom. The van der Waals surface area contributed by atoms with Crippen molar-refractivity contribution in [3.8, 4) is 0 Å². The minimum atomic E-state index is 0.167. The summed E-state index contributed by atoms with van der Waals surface area (Å²) in [6.07, 6.45) is 7.28. The standard InChI is InChI=1S/C22H31N3O/c1-16-20(17(2)25(3)24-16)13-14-22(26)23-21(19-11-7-8-12-19)15-18-9-5-4-6-10-18/h4-6,9-10,19,21H,7-8,11-15H2,1-3H3,(H,23,26). The van der Waals surface area contributed by atoms with Crippen molar-refractivity contribution in [3.05, 3.63) is 52.8 Å². The van der Waals surface area contributed by atoms with Gasteiger partial charge in [-0.25, -0.2) is 0 Å². The van der Waals surface area contributed by atoms with E-state index in [0.29, 0.717) is 12.3 Å². The predicted molar refractivity (Wildman–Crippen MR) is 105 cm³/mol. The van der Waals surface area contributed by atoms with E-state index in [2.05, 4.69) is 41.6 Å². The van der Waals surface area contributed by atoms with Crippen LogP contribution in [0.2, 0.25) is 0 Å². The molecule has 0 radical (unpaired) electrons. The van der Waals surface area contributed by atoms with Crippen LogP contribution in [0.5, 0.6) is 0 Å². The van der Waals surface area contributed by atoms with E-state index in [9.17, 15) is 4.79 Å². The molecule has 1 N–H and O–H groups in total. The maximum absolute atomic E-state index is 12.7. The van der Waals surface area contributed by atoms with Gasteiger partial charge in [-0.15, -0.1) is 0 Å². The van der Waals surface area contributed by atoms with Crippen LogP contribution in [0.4, 0.5) is 0 Å². The number of carbonyl (C=O) groups excluding carboxylic acids is 1. The Kier molecular flexibility index (Phi) is 6.12. The second kappa shape index (κ2) is 8.52. The first-order valence-electron chi connectivity index (χ1n) is 9.87. The Labute approximate surface area is 157 Å². The second-order valence-electron chi connectivity index (χ2n) is 7.68. The van der Waals surface area contributed by atoms with Gasteiger partial charge in [-0.05, 0) is 56.6 Å². The van der Waals surface area contributed by atoms with Crippen molar-refractivity contribution in [1.82, 2.24) is 15.1 Å². The van der Waals surface area contributed by atoms with Crippen molar-refractivity contribution in [1.29, 1.82) is 0 Å². The highest BCUT2D eigenvalue weighted by Gasteiger charge is 2.26. The van der Waals surface area contributed by atoms with Crippen LogP contribution in [0.3, 0.4) is 0 Å². The number of rotatable bonds is 7. The number of carbonyl (C=O) groups is 1. The van der Waals surface area contributed by atoms with Crippen LogP contribution in [-0.2, 0) is 24.7 Å². The molecule has 4 heteroatoms. The highest BCUT2D eigenvalue weighted by Crippen LogP contribution is 2.29. The quantitative estimate of drug-likeness (QED) is 0.821. The lowest BCUT2D eigenvalue weighted by Crippen LogP contribution is -2.41. The number of hydrogen-bond donors (Lipinski definition) is 1. The van der Waals surface area contributed by atoms with Crippen LogP contribution in [0.15, 0.2) is 30.3 Å². The summed E-state index contributed by atoms with van der Waals surface area (Å²) in [7, 11) is 1.96. The molecule has 1 aromatic heterocycles. The Balaban J connectivity index is 1.61. The lowest BCUT2D eigenvalue weighted by Gasteiger charge is -2.25. The third kappa shape index (κ3) is 4.54. The summed E-state index contributed by atoms with van der Waals surface area (Å²) >= 11 is 0. The molecule has 0 aliphatic heterocycles. The minimum absolute atomic E-state index is 0.167. The summed E-state index contributed by atoms with van der Waals surface area (Å²) in [5, 5.41) is 7.81. The normalized spacial score (nSPS) is 16.0. The largest absolute Gasteiger partial charge is 0.353 e. The van der Waals surface area contributed by atoms with Gasteiger partial charge >= 0.3 is 0 Å². The molecule has 1 fully saturated rings. The van der Waals surface area contributed by atoms with Crippen LogP contribution < -0.4 is 5.32 Å². The molecular formula is C22H31N3O. The maximum Gasteiger partial charge on any atom is 0.220 e. The van der Waals surface area contributed by atoms with E-state index in [1.165, 1.54) is 36.8 Å². The van der Waals surface area contributed by atoms with Crippen molar-refractivity contribution >= 4 is 5.91 Å². The molecule has 1 aromatic carbocycles. The van der Waals surface area contributed by atoms with Crippen molar-refractivity contribution < 1.29 is 4.79 Å². The van der Waals surface area contributed by atoms with E-state index in [1.54, 1.807) is 0 Å². The van der Waals surface area contributed by atoms with E-state index in [4.69, 9.17) is 0 Å². The first kappa shape index (κ1) is 18.7. The van der Waals surface area contributed by atoms with Gasteiger partial charge in [-0.2, -0.15) is 5.10 Å². The molecule has 4 nitrogen and oxygen atoms in total. The summed E-state index contributed by atoms with van der Waals surface area (Å²) in [5.74, 6) is 0.779. The Hall–Kier alpha value is -2.10. The molecule has 1 atom stereocenters. The minimum Gasteiger partial charge on any atom is -0.353 e. The average Bonchev–Trinajstić information content (AvgIpc) is 3.23. The first-order chi connectivity index (χ1) is 12.5. The molecule has 3 rings (SSSR count). The van der Waals surface area contributed by atoms with Gasteiger partial charge in [-0.3, -0.25) is 9.48 Å². The number of nitrogens with zero attached hydrogens (tertiary/aromatic N) is 2. The maximum atomic E-state index is 12.7. The van der Waals surface area contributed by atoms with E-state index in [1.807, 2.05) is 24.7 Å². The lowest BCUT2D eigenvalue weighted by molar-refractivity contribution is -0.122. The summed E-state index contributed by atoms with van der Waals surface area (Å²) in [6.45, 7) is 4.10. The number of amides is 1. The monoisotopic (exact) mass is 353 g/mol. The van der Waals surface area contributed by atoms with Crippen molar-refractivity contribution in [3.63, 3.8) is 0 Å². The number of nitrogens with one attached hydrogen (secondary N) is 1. The van der Waals surface area contributed by atoms with Gasteiger partial charge in [0.25, 0.3) is 0 Å². The Bertz CT molecular complexity index is 729. The van der Waals surface area contributed by atoms with Crippen LogP contribution in [-0.4, -0.2) is 21.7 Å². The zero-order chi connectivity index (χ0) is 18.5. The third-order valence-electron chi connectivity index (χ3n) is 5.87. The highest BCUT2D eigenvalue weighted by molar-refractivity contribution is 5.76.